The maximum atomic E-state index is 12.3. The highest BCUT2D eigenvalue weighted by molar-refractivity contribution is 7.11. The number of amides is 2. The minimum atomic E-state index is -0.0242. The Morgan fingerprint density at radius 3 is 3.04 bits per heavy atom. The second kappa shape index (κ2) is 6.64. The Bertz CT molecular complexity index is 597. The first kappa shape index (κ1) is 16.3. The topological polar surface area (TPSA) is 63.2 Å². The van der Waals surface area contributed by atoms with E-state index in [2.05, 4.69) is 22.5 Å². The zero-order valence-electron chi connectivity index (χ0n) is 14.3. The maximum Gasteiger partial charge on any atom is 0.315 e. The second-order valence-corrected chi connectivity index (χ2v) is 8.59. The third-order valence-electron chi connectivity index (χ3n) is 6.15. The Morgan fingerprint density at radius 1 is 1.46 bits per heavy atom. The van der Waals surface area contributed by atoms with E-state index >= 15 is 0 Å². The highest BCUT2D eigenvalue weighted by atomic mass is 32.1. The Balaban J connectivity index is 1.28. The molecule has 2 amide bonds. The average Bonchev–Trinajstić information content (AvgIpc) is 3.31. The third-order valence-corrected chi connectivity index (χ3v) is 7.35. The summed E-state index contributed by atoms with van der Waals surface area (Å²) < 4.78 is 5.97. The number of urea groups is 1. The van der Waals surface area contributed by atoms with Gasteiger partial charge in [0.15, 0.2) is 0 Å². The summed E-state index contributed by atoms with van der Waals surface area (Å²) in [5.74, 6) is 0.528. The molecule has 0 radical (unpaired) electrons. The first-order valence-electron chi connectivity index (χ1n) is 9.32. The van der Waals surface area contributed by atoms with Crippen molar-refractivity contribution in [2.24, 2.45) is 11.3 Å². The summed E-state index contributed by atoms with van der Waals surface area (Å²) in [6, 6.07) is 0.281. The number of carbonyl (C=O) groups excluding carboxylic acids is 1. The molecule has 2 N–H and O–H groups in total. The van der Waals surface area contributed by atoms with Gasteiger partial charge in [0.1, 0.15) is 0 Å². The molecule has 4 rings (SSSR count). The lowest BCUT2D eigenvalue weighted by Gasteiger charge is -2.56. The maximum absolute atomic E-state index is 12.3. The highest BCUT2D eigenvalue weighted by Crippen LogP contribution is 2.60. The molecule has 1 aromatic heterocycles. The fraction of sp³-hybridized carbons (Fsp3) is 0.778. The molecule has 3 aliphatic rings. The van der Waals surface area contributed by atoms with Crippen molar-refractivity contribution in [3.63, 3.8) is 0 Å². The number of fused-ring (bicyclic) bond motifs is 2. The van der Waals surface area contributed by atoms with E-state index in [1.54, 1.807) is 11.3 Å². The Labute approximate surface area is 147 Å². The van der Waals surface area contributed by atoms with Crippen molar-refractivity contribution in [3.05, 3.63) is 16.1 Å². The molecule has 0 bridgehead atoms. The number of aromatic nitrogens is 1. The molecule has 6 heteroatoms. The van der Waals surface area contributed by atoms with E-state index in [0.717, 1.165) is 30.9 Å². The SMILES string of the molecule is CCc1cnc(CCNC(=O)N[C@@H]2[C@@H]3CCO[C@@H]3C23CCCC3)s1. The summed E-state index contributed by atoms with van der Waals surface area (Å²) in [5, 5.41) is 7.40. The summed E-state index contributed by atoms with van der Waals surface area (Å²) in [6.45, 7) is 3.65. The Kier molecular flexibility index (Phi) is 4.52. The predicted octanol–water partition coefficient (Wildman–Crippen LogP) is 2.89. The van der Waals surface area contributed by atoms with E-state index in [-0.39, 0.29) is 11.4 Å². The van der Waals surface area contributed by atoms with Crippen LogP contribution in [0.2, 0.25) is 0 Å². The van der Waals surface area contributed by atoms with Gasteiger partial charge in [-0.05, 0) is 25.7 Å². The summed E-state index contributed by atoms with van der Waals surface area (Å²) in [6.07, 6.45) is 10.2. The van der Waals surface area contributed by atoms with Crippen LogP contribution in [0.1, 0.15) is 48.9 Å². The fourth-order valence-electron chi connectivity index (χ4n) is 5.01. The van der Waals surface area contributed by atoms with Crippen LogP contribution < -0.4 is 10.6 Å². The average molecular weight is 350 g/mol. The molecule has 1 spiro atoms. The van der Waals surface area contributed by atoms with Gasteiger partial charge in [-0.1, -0.05) is 19.8 Å². The minimum Gasteiger partial charge on any atom is -0.377 e. The molecular weight excluding hydrogens is 322 g/mol. The van der Waals surface area contributed by atoms with Gasteiger partial charge in [-0.2, -0.15) is 0 Å². The van der Waals surface area contributed by atoms with Crippen molar-refractivity contribution in [1.82, 2.24) is 15.6 Å². The molecule has 2 aliphatic carbocycles. The monoisotopic (exact) mass is 349 g/mol. The van der Waals surface area contributed by atoms with E-state index in [4.69, 9.17) is 4.74 Å². The van der Waals surface area contributed by atoms with Crippen LogP contribution >= 0.6 is 11.3 Å². The lowest BCUT2D eigenvalue weighted by atomic mass is 9.54. The zero-order valence-corrected chi connectivity index (χ0v) is 15.2. The lowest BCUT2D eigenvalue weighted by molar-refractivity contribution is -0.126. The number of nitrogens with one attached hydrogen (secondary N) is 2. The van der Waals surface area contributed by atoms with Gasteiger partial charge < -0.3 is 15.4 Å². The molecule has 24 heavy (non-hydrogen) atoms. The zero-order chi connectivity index (χ0) is 16.6. The molecule has 0 aromatic carbocycles. The van der Waals surface area contributed by atoms with Gasteiger partial charge in [0.05, 0.1) is 11.1 Å². The second-order valence-electron chi connectivity index (χ2n) is 7.39. The molecular formula is C18H27N3O2S. The largest absolute Gasteiger partial charge is 0.377 e. The molecule has 1 saturated heterocycles. The molecule has 0 unspecified atom stereocenters. The number of rotatable bonds is 5. The quantitative estimate of drug-likeness (QED) is 0.859. The van der Waals surface area contributed by atoms with Crippen LogP contribution in [0.4, 0.5) is 4.79 Å². The van der Waals surface area contributed by atoms with Crippen LogP contribution in [-0.4, -0.2) is 36.3 Å². The number of hydrogen-bond acceptors (Lipinski definition) is 4. The van der Waals surface area contributed by atoms with Crippen LogP contribution in [0.25, 0.3) is 0 Å². The molecule has 5 nitrogen and oxygen atoms in total. The number of carbonyl (C=O) groups is 1. The molecule has 2 saturated carbocycles. The number of thiazole rings is 1. The van der Waals surface area contributed by atoms with E-state index in [1.807, 2.05) is 6.20 Å². The standard InChI is InChI=1S/C18H27N3O2S/c1-2-12-11-20-14(24-12)5-9-19-17(22)21-15-13-6-10-23-16(13)18(15)7-3-4-8-18/h11,13,15-16H,2-10H2,1H3,(H2,19,21,22)/t13-,15+,16-/m0/s1. The highest BCUT2D eigenvalue weighted by Gasteiger charge is 2.65. The fourth-order valence-corrected chi connectivity index (χ4v) is 5.87. The van der Waals surface area contributed by atoms with Gasteiger partial charge in [0.2, 0.25) is 0 Å². The van der Waals surface area contributed by atoms with Crippen molar-refractivity contribution < 1.29 is 9.53 Å². The number of nitrogens with zero attached hydrogens (tertiary/aromatic N) is 1. The van der Waals surface area contributed by atoms with Crippen molar-refractivity contribution >= 4 is 17.4 Å². The van der Waals surface area contributed by atoms with E-state index < -0.39 is 0 Å². The molecule has 1 aliphatic heterocycles. The minimum absolute atomic E-state index is 0.0242. The smallest absolute Gasteiger partial charge is 0.315 e. The molecule has 2 heterocycles. The van der Waals surface area contributed by atoms with Gasteiger partial charge in [-0.25, -0.2) is 9.78 Å². The van der Waals surface area contributed by atoms with Gasteiger partial charge in [-0.3, -0.25) is 0 Å². The third kappa shape index (κ3) is 2.73. The van der Waals surface area contributed by atoms with Gasteiger partial charge in [0, 0.05) is 48.0 Å². The van der Waals surface area contributed by atoms with Gasteiger partial charge >= 0.3 is 6.03 Å². The summed E-state index contributed by atoms with van der Waals surface area (Å²) in [4.78, 5) is 18.1. The van der Waals surface area contributed by atoms with E-state index in [9.17, 15) is 4.79 Å². The molecule has 1 aromatic rings. The number of hydrogen-bond donors (Lipinski definition) is 2. The summed E-state index contributed by atoms with van der Waals surface area (Å²) >= 11 is 1.74. The van der Waals surface area contributed by atoms with Crippen molar-refractivity contribution in [2.45, 2.75) is 64.0 Å². The number of aryl methyl sites for hydroxylation is 1. The molecule has 132 valence electrons. The van der Waals surface area contributed by atoms with Crippen molar-refractivity contribution in [2.75, 3.05) is 13.2 Å². The Morgan fingerprint density at radius 2 is 2.29 bits per heavy atom. The molecule has 3 fully saturated rings. The summed E-state index contributed by atoms with van der Waals surface area (Å²) in [5.41, 5.74) is 0.226. The molecule has 3 atom stereocenters. The predicted molar refractivity (Wildman–Crippen MR) is 94.3 cm³/mol. The van der Waals surface area contributed by atoms with Crippen LogP contribution in [0.3, 0.4) is 0 Å². The van der Waals surface area contributed by atoms with Crippen LogP contribution in [0, 0.1) is 11.3 Å². The van der Waals surface area contributed by atoms with Crippen molar-refractivity contribution in [1.29, 1.82) is 0 Å². The summed E-state index contributed by atoms with van der Waals surface area (Å²) in [7, 11) is 0. The van der Waals surface area contributed by atoms with Crippen LogP contribution in [-0.2, 0) is 17.6 Å². The normalized spacial score (nSPS) is 30.1. The lowest BCUT2D eigenvalue weighted by Crippen LogP contribution is -2.69. The van der Waals surface area contributed by atoms with Crippen LogP contribution in [0.15, 0.2) is 6.20 Å². The first-order chi connectivity index (χ1) is 11.7. The Hall–Kier alpha value is -1.14. The van der Waals surface area contributed by atoms with Crippen molar-refractivity contribution in [3.8, 4) is 0 Å². The van der Waals surface area contributed by atoms with Gasteiger partial charge in [0.25, 0.3) is 0 Å². The first-order valence-corrected chi connectivity index (χ1v) is 10.1. The van der Waals surface area contributed by atoms with Gasteiger partial charge in [-0.15, -0.1) is 11.3 Å². The van der Waals surface area contributed by atoms with E-state index in [0.29, 0.717) is 24.6 Å². The van der Waals surface area contributed by atoms with Crippen LogP contribution in [0.5, 0.6) is 0 Å². The van der Waals surface area contributed by atoms with E-state index in [1.165, 1.54) is 30.6 Å². The number of ether oxygens (including phenoxy) is 1.